The van der Waals surface area contributed by atoms with E-state index in [1.807, 2.05) is 18.2 Å². The van der Waals surface area contributed by atoms with Crippen molar-refractivity contribution in [3.63, 3.8) is 0 Å². The standard InChI is InChI=1S/C16H14ClN3O2/c17-14-10-12(5-6-15(14)21)16(22)20(9-3-7-18)11-13-4-1-2-8-19-13/h1-2,4-6,8,10,21H,3,9,11H2. The number of pyridine rings is 1. The van der Waals surface area contributed by atoms with Crippen LogP contribution < -0.4 is 0 Å². The number of nitriles is 1. The van der Waals surface area contributed by atoms with Crippen LogP contribution in [0.2, 0.25) is 5.02 Å². The van der Waals surface area contributed by atoms with E-state index in [1.165, 1.54) is 23.1 Å². The van der Waals surface area contributed by atoms with Gasteiger partial charge in [0.25, 0.3) is 5.91 Å². The number of phenolic OH excluding ortho intramolecular Hbond substituents is 1. The lowest BCUT2D eigenvalue weighted by Gasteiger charge is -2.21. The predicted octanol–water partition coefficient (Wildman–Crippen LogP) is 3.00. The lowest BCUT2D eigenvalue weighted by atomic mass is 10.1. The Morgan fingerprint density at radius 1 is 1.36 bits per heavy atom. The van der Waals surface area contributed by atoms with Crippen LogP contribution in [0.4, 0.5) is 0 Å². The van der Waals surface area contributed by atoms with Crippen LogP contribution in [0.1, 0.15) is 22.5 Å². The van der Waals surface area contributed by atoms with Crippen molar-refractivity contribution in [3.05, 3.63) is 58.9 Å². The van der Waals surface area contributed by atoms with E-state index < -0.39 is 0 Å². The Balaban J connectivity index is 2.22. The number of benzene rings is 1. The molecule has 0 spiro atoms. The van der Waals surface area contributed by atoms with Gasteiger partial charge in [0.15, 0.2) is 0 Å². The number of aromatic hydroxyl groups is 1. The second kappa shape index (κ2) is 7.43. The van der Waals surface area contributed by atoms with Gasteiger partial charge in [-0.2, -0.15) is 5.26 Å². The Morgan fingerprint density at radius 2 is 2.18 bits per heavy atom. The van der Waals surface area contributed by atoms with Crippen LogP contribution in [-0.4, -0.2) is 27.4 Å². The Hall–Kier alpha value is -2.58. The highest BCUT2D eigenvalue weighted by molar-refractivity contribution is 6.32. The number of hydrogen-bond acceptors (Lipinski definition) is 4. The fraction of sp³-hybridized carbons (Fsp3) is 0.188. The highest BCUT2D eigenvalue weighted by Gasteiger charge is 2.17. The second-order valence-electron chi connectivity index (χ2n) is 4.62. The van der Waals surface area contributed by atoms with Gasteiger partial charge in [0.05, 0.1) is 29.8 Å². The second-order valence-corrected chi connectivity index (χ2v) is 5.03. The molecule has 0 aliphatic heterocycles. The van der Waals surface area contributed by atoms with Crippen LogP contribution >= 0.6 is 11.6 Å². The highest BCUT2D eigenvalue weighted by atomic mass is 35.5. The minimum atomic E-state index is -0.261. The number of hydrogen-bond donors (Lipinski definition) is 1. The van der Waals surface area contributed by atoms with Crippen molar-refractivity contribution in [2.24, 2.45) is 0 Å². The van der Waals surface area contributed by atoms with E-state index in [9.17, 15) is 9.90 Å². The molecule has 1 amide bonds. The minimum Gasteiger partial charge on any atom is -0.506 e. The third-order valence-corrected chi connectivity index (χ3v) is 3.36. The largest absolute Gasteiger partial charge is 0.506 e. The summed E-state index contributed by atoms with van der Waals surface area (Å²) in [6, 6.07) is 11.8. The maximum absolute atomic E-state index is 12.6. The Morgan fingerprint density at radius 3 is 2.82 bits per heavy atom. The molecule has 0 unspecified atom stereocenters. The average molecular weight is 316 g/mol. The molecule has 0 saturated heterocycles. The number of amides is 1. The van der Waals surface area contributed by atoms with Gasteiger partial charge in [-0.1, -0.05) is 17.7 Å². The molecule has 1 aromatic carbocycles. The predicted molar refractivity (Wildman–Crippen MR) is 82.3 cm³/mol. The van der Waals surface area contributed by atoms with Crippen molar-refractivity contribution in [3.8, 4) is 11.8 Å². The maximum atomic E-state index is 12.6. The Kier molecular flexibility index (Phi) is 5.34. The lowest BCUT2D eigenvalue weighted by Crippen LogP contribution is -2.31. The fourth-order valence-corrected chi connectivity index (χ4v) is 2.13. The van der Waals surface area contributed by atoms with Crippen LogP contribution in [0, 0.1) is 11.3 Å². The summed E-state index contributed by atoms with van der Waals surface area (Å²) in [4.78, 5) is 18.3. The van der Waals surface area contributed by atoms with E-state index in [1.54, 1.807) is 12.3 Å². The monoisotopic (exact) mass is 315 g/mol. The summed E-state index contributed by atoms with van der Waals surface area (Å²) >= 11 is 5.84. The summed E-state index contributed by atoms with van der Waals surface area (Å²) in [6.07, 6.45) is 1.88. The van der Waals surface area contributed by atoms with Gasteiger partial charge in [0.1, 0.15) is 5.75 Å². The molecule has 0 radical (unpaired) electrons. The topological polar surface area (TPSA) is 77.2 Å². The smallest absolute Gasteiger partial charge is 0.254 e. The van der Waals surface area contributed by atoms with Gasteiger partial charge in [-0.3, -0.25) is 9.78 Å². The molecule has 22 heavy (non-hydrogen) atoms. The summed E-state index contributed by atoms with van der Waals surface area (Å²) in [5.41, 5.74) is 1.09. The van der Waals surface area contributed by atoms with Crippen LogP contribution in [0.5, 0.6) is 5.75 Å². The highest BCUT2D eigenvalue weighted by Crippen LogP contribution is 2.24. The third-order valence-electron chi connectivity index (χ3n) is 3.05. The van der Waals surface area contributed by atoms with Gasteiger partial charge in [-0.05, 0) is 30.3 Å². The molecule has 5 nitrogen and oxygen atoms in total. The zero-order valence-corrected chi connectivity index (χ0v) is 12.5. The number of aromatic nitrogens is 1. The van der Waals surface area contributed by atoms with Gasteiger partial charge >= 0.3 is 0 Å². The molecule has 0 fully saturated rings. The molecular formula is C16H14ClN3O2. The number of carbonyl (C=O) groups is 1. The van der Waals surface area contributed by atoms with Crippen LogP contribution in [0.15, 0.2) is 42.6 Å². The first-order chi connectivity index (χ1) is 10.6. The summed E-state index contributed by atoms with van der Waals surface area (Å²) in [7, 11) is 0. The summed E-state index contributed by atoms with van der Waals surface area (Å²) in [5, 5.41) is 18.3. The molecule has 2 rings (SSSR count). The lowest BCUT2D eigenvalue weighted by molar-refractivity contribution is 0.0745. The van der Waals surface area contributed by atoms with E-state index in [2.05, 4.69) is 4.98 Å². The SMILES string of the molecule is N#CCCN(Cc1ccccn1)C(=O)c1ccc(O)c(Cl)c1. The minimum absolute atomic E-state index is 0.0773. The van der Waals surface area contributed by atoms with Gasteiger partial charge < -0.3 is 10.0 Å². The molecule has 0 aliphatic rings. The molecule has 0 saturated carbocycles. The average Bonchev–Trinajstić information content (AvgIpc) is 2.54. The number of nitrogens with zero attached hydrogens (tertiary/aromatic N) is 3. The van der Waals surface area contributed by atoms with E-state index in [-0.39, 0.29) is 23.1 Å². The van der Waals surface area contributed by atoms with E-state index in [0.717, 1.165) is 5.69 Å². The Bertz CT molecular complexity index is 698. The van der Waals surface area contributed by atoms with Gasteiger partial charge in [0, 0.05) is 18.3 Å². The normalized spacial score (nSPS) is 10.0. The molecule has 112 valence electrons. The molecule has 2 aromatic rings. The van der Waals surface area contributed by atoms with Crippen molar-refractivity contribution in [1.29, 1.82) is 5.26 Å². The molecule has 0 bridgehead atoms. The molecule has 0 aliphatic carbocycles. The number of carbonyl (C=O) groups excluding carboxylic acids is 1. The summed E-state index contributed by atoms with van der Waals surface area (Å²) in [6.45, 7) is 0.601. The summed E-state index contributed by atoms with van der Waals surface area (Å²) < 4.78 is 0. The molecule has 6 heteroatoms. The van der Waals surface area contributed by atoms with Crippen molar-refractivity contribution in [2.75, 3.05) is 6.54 Å². The van der Waals surface area contributed by atoms with E-state index in [0.29, 0.717) is 18.7 Å². The van der Waals surface area contributed by atoms with Crippen molar-refractivity contribution in [1.82, 2.24) is 9.88 Å². The molecule has 1 heterocycles. The Labute approximate surface area is 133 Å². The fourth-order valence-electron chi connectivity index (χ4n) is 1.95. The number of phenols is 1. The molecule has 1 aromatic heterocycles. The van der Waals surface area contributed by atoms with Gasteiger partial charge in [-0.15, -0.1) is 0 Å². The van der Waals surface area contributed by atoms with Crippen molar-refractivity contribution < 1.29 is 9.90 Å². The first-order valence-electron chi connectivity index (χ1n) is 6.66. The quantitative estimate of drug-likeness (QED) is 0.920. The first-order valence-corrected chi connectivity index (χ1v) is 7.04. The van der Waals surface area contributed by atoms with Crippen molar-refractivity contribution >= 4 is 17.5 Å². The van der Waals surface area contributed by atoms with Crippen LogP contribution in [0.25, 0.3) is 0 Å². The third kappa shape index (κ3) is 3.96. The van der Waals surface area contributed by atoms with Gasteiger partial charge in [0.2, 0.25) is 0 Å². The first kappa shape index (κ1) is 15.8. The zero-order valence-electron chi connectivity index (χ0n) is 11.7. The maximum Gasteiger partial charge on any atom is 0.254 e. The molecular weight excluding hydrogens is 302 g/mol. The van der Waals surface area contributed by atoms with E-state index >= 15 is 0 Å². The molecule has 1 N–H and O–H groups in total. The number of rotatable bonds is 5. The zero-order chi connectivity index (χ0) is 15.9. The number of halogens is 1. The molecule has 0 atom stereocenters. The van der Waals surface area contributed by atoms with Crippen LogP contribution in [0.3, 0.4) is 0 Å². The van der Waals surface area contributed by atoms with Crippen LogP contribution in [-0.2, 0) is 6.54 Å². The van der Waals surface area contributed by atoms with Crippen molar-refractivity contribution in [2.45, 2.75) is 13.0 Å². The van der Waals surface area contributed by atoms with Gasteiger partial charge in [-0.25, -0.2) is 0 Å². The van der Waals surface area contributed by atoms with E-state index in [4.69, 9.17) is 16.9 Å². The summed E-state index contributed by atoms with van der Waals surface area (Å²) in [5.74, 6) is -0.339.